The van der Waals surface area contributed by atoms with E-state index in [2.05, 4.69) is 26.6 Å². The van der Waals surface area contributed by atoms with Crippen molar-refractivity contribution in [1.29, 1.82) is 0 Å². The molecule has 0 fully saturated rings. The van der Waals surface area contributed by atoms with Crippen molar-refractivity contribution in [3.05, 3.63) is 98.0 Å². The smallest absolute Gasteiger partial charge is 0.274 e. The number of amides is 1. The van der Waals surface area contributed by atoms with E-state index in [4.69, 9.17) is 17.0 Å². The number of carbonyl (C=O) groups excluding carboxylic acids is 1. The molecule has 0 aromatic heterocycles. The van der Waals surface area contributed by atoms with Gasteiger partial charge in [0.15, 0.2) is 5.11 Å². The minimum atomic E-state index is -0.469. The van der Waals surface area contributed by atoms with Crippen LogP contribution in [0.3, 0.4) is 0 Å². The molecular weight excluding hydrogens is 494 g/mol. The average Bonchev–Trinajstić information content (AvgIpc) is 2.76. The number of hydrogen-bond donors (Lipinski definition) is 2. The number of hydrogen-bond acceptors (Lipinski definition) is 5. The molecule has 0 heterocycles. The number of benzene rings is 3. The van der Waals surface area contributed by atoms with Gasteiger partial charge in [-0.1, -0.05) is 36.4 Å². The fraction of sp³-hybridized carbons (Fsp3) is 0.130. The van der Waals surface area contributed by atoms with Crippen LogP contribution in [-0.4, -0.2) is 22.5 Å². The van der Waals surface area contributed by atoms with Crippen molar-refractivity contribution in [2.24, 2.45) is 0 Å². The van der Waals surface area contributed by atoms with E-state index >= 15 is 0 Å². The second-order valence-corrected chi connectivity index (χ2v) is 8.11. The summed E-state index contributed by atoms with van der Waals surface area (Å²) in [7, 11) is 0. The Morgan fingerprint density at radius 3 is 2.56 bits per heavy atom. The van der Waals surface area contributed by atoms with Gasteiger partial charge in [-0.2, -0.15) is 0 Å². The van der Waals surface area contributed by atoms with Crippen molar-refractivity contribution in [1.82, 2.24) is 5.32 Å². The minimum Gasteiger partial charge on any atom is -0.492 e. The van der Waals surface area contributed by atoms with E-state index in [1.165, 1.54) is 11.6 Å². The molecule has 3 aromatic rings. The van der Waals surface area contributed by atoms with Crippen LogP contribution in [0.5, 0.6) is 5.75 Å². The zero-order valence-corrected chi connectivity index (χ0v) is 19.5. The number of ether oxygens (including phenoxy) is 1. The fourth-order valence-electron chi connectivity index (χ4n) is 2.97. The third kappa shape index (κ3) is 6.12. The summed E-state index contributed by atoms with van der Waals surface area (Å²) in [5.74, 6) is 0.215. The van der Waals surface area contributed by atoms with Crippen molar-refractivity contribution in [3.8, 4) is 5.75 Å². The maximum Gasteiger partial charge on any atom is 0.274 e. The molecule has 0 bridgehead atoms. The SMILES string of the molecule is Cc1c(NC(=S)NC(=O)c2ccc(OCCc3ccccc3)c(Br)c2)cccc1[N+](=O)[O-]. The lowest BCUT2D eigenvalue weighted by atomic mass is 10.1. The maximum atomic E-state index is 12.6. The highest BCUT2D eigenvalue weighted by molar-refractivity contribution is 9.10. The van der Waals surface area contributed by atoms with Gasteiger partial charge >= 0.3 is 0 Å². The number of nitro groups is 1. The number of thiocarbonyl (C=S) groups is 1. The summed E-state index contributed by atoms with van der Waals surface area (Å²) in [6.45, 7) is 2.11. The lowest BCUT2D eigenvalue weighted by molar-refractivity contribution is -0.385. The predicted molar refractivity (Wildman–Crippen MR) is 131 cm³/mol. The van der Waals surface area contributed by atoms with E-state index in [-0.39, 0.29) is 10.8 Å². The first kappa shape index (κ1) is 23.4. The molecule has 164 valence electrons. The van der Waals surface area contributed by atoms with Crippen LogP contribution >= 0.6 is 28.1 Å². The number of nitrogens with one attached hydrogen (secondary N) is 2. The molecule has 0 saturated heterocycles. The molecule has 2 N–H and O–H groups in total. The third-order valence-corrected chi connectivity index (χ3v) is 5.49. The Kier molecular flexibility index (Phi) is 7.91. The average molecular weight is 514 g/mol. The van der Waals surface area contributed by atoms with Crippen LogP contribution < -0.4 is 15.4 Å². The lowest BCUT2D eigenvalue weighted by Crippen LogP contribution is -2.34. The maximum absolute atomic E-state index is 12.6. The van der Waals surface area contributed by atoms with Gasteiger partial charge in [0.05, 0.1) is 27.3 Å². The highest BCUT2D eigenvalue weighted by Crippen LogP contribution is 2.27. The first-order chi connectivity index (χ1) is 15.3. The molecule has 32 heavy (non-hydrogen) atoms. The fourth-order valence-corrected chi connectivity index (χ4v) is 3.66. The first-order valence-electron chi connectivity index (χ1n) is 9.68. The molecule has 3 aromatic carbocycles. The summed E-state index contributed by atoms with van der Waals surface area (Å²) >= 11 is 8.63. The molecule has 7 nitrogen and oxygen atoms in total. The van der Waals surface area contributed by atoms with E-state index in [0.29, 0.717) is 33.6 Å². The number of halogens is 1. The number of carbonyl (C=O) groups is 1. The molecule has 0 saturated carbocycles. The number of nitrogens with zero attached hydrogens (tertiary/aromatic N) is 1. The van der Waals surface area contributed by atoms with Crippen LogP contribution in [0.1, 0.15) is 21.5 Å². The predicted octanol–water partition coefficient (Wildman–Crippen LogP) is 5.41. The van der Waals surface area contributed by atoms with E-state index in [9.17, 15) is 14.9 Å². The van der Waals surface area contributed by atoms with Crippen LogP contribution in [-0.2, 0) is 6.42 Å². The first-order valence-corrected chi connectivity index (χ1v) is 10.9. The van der Waals surface area contributed by atoms with E-state index in [1.807, 2.05) is 30.3 Å². The molecule has 1 amide bonds. The van der Waals surface area contributed by atoms with Crippen LogP contribution in [0.15, 0.2) is 71.2 Å². The van der Waals surface area contributed by atoms with E-state index < -0.39 is 10.8 Å². The molecule has 0 atom stereocenters. The van der Waals surface area contributed by atoms with E-state index in [0.717, 1.165) is 6.42 Å². The summed E-state index contributed by atoms with van der Waals surface area (Å²) in [6, 6.07) is 19.6. The van der Waals surface area contributed by atoms with Crippen molar-refractivity contribution in [2.45, 2.75) is 13.3 Å². The second kappa shape index (κ2) is 10.8. The van der Waals surface area contributed by atoms with Crippen molar-refractivity contribution < 1.29 is 14.5 Å². The Hall–Kier alpha value is -3.30. The summed E-state index contributed by atoms with van der Waals surface area (Å²) in [6.07, 6.45) is 0.770. The minimum absolute atomic E-state index is 0.0316. The third-order valence-electron chi connectivity index (χ3n) is 4.66. The van der Waals surface area contributed by atoms with Gasteiger partial charge in [-0.05, 0) is 64.9 Å². The highest BCUT2D eigenvalue weighted by Gasteiger charge is 2.15. The van der Waals surface area contributed by atoms with Crippen molar-refractivity contribution >= 4 is 50.5 Å². The summed E-state index contributed by atoms with van der Waals surface area (Å²) in [4.78, 5) is 23.2. The molecule has 9 heteroatoms. The normalized spacial score (nSPS) is 10.3. The van der Waals surface area contributed by atoms with Crippen LogP contribution in [0, 0.1) is 17.0 Å². The Bertz CT molecular complexity index is 1160. The van der Waals surface area contributed by atoms with Crippen LogP contribution in [0.2, 0.25) is 0 Å². The van der Waals surface area contributed by atoms with Gasteiger partial charge in [0.25, 0.3) is 11.6 Å². The Balaban J connectivity index is 1.58. The van der Waals surface area contributed by atoms with Crippen LogP contribution in [0.25, 0.3) is 0 Å². The zero-order chi connectivity index (χ0) is 23.1. The number of rotatable bonds is 7. The number of nitro benzene ring substituents is 1. The monoisotopic (exact) mass is 513 g/mol. The largest absolute Gasteiger partial charge is 0.492 e. The summed E-state index contributed by atoms with van der Waals surface area (Å²) in [5, 5.41) is 16.5. The van der Waals surface area contributed by atoms with Gasteiger partial charge in [0.2, 0.25) is 0 Å². The van der Waals surface area contributed by atoms with Crippen molar-refractivity contribution in [3.63, 3.8) is 0 Å². The Morgan fingerprint density at radius 2 is 1.88 bits per heavy atom. The standard InChI is InChI=1S/C23H20BrN3O4S/c1-15-19(8-5-9-20(15)27(29)30)25-23(32)26-22(28)17-10-11-21(18(24)14-17)31-13-12-16-6-3-2-4-7-16/h2-11,14H,12-13H2,1H3,(H2,25,26,28,32). The van der Waals surface area contributed by atoms with Gasteiger partial charge in [-0.15, -0.1) is 0 Å². The molecule has 0 unspecified atom stereocenters. The Morgan fingerprint density at radius 1 is 1.12 bits per heavy atom. The summed E-state index contributed by atoms with van der Waals surface area (Å²) in [5.41, 5.74) is 2.41. The van der Waals surface area contributed by atoms with E-state index in [1.54, 1.807) is 37.3 Å². The van der Waals surface area contributed by atoms with Gasteiger partial charge in [-0.3, -0.25) is 20.2 Å². The summed E-state index contributed by atoms with van der Waals surface area (Å²) < 4.78 is 6.45. The topological polar surface area (TPSA) is 93.5 Å². The van der Waals surface area contributed by atoms with Gasteiger partial charge in [-0.25, -0.2) is 0 Å². The molecule has 0 radical (unpaired) electrons. The molecule has 0 aliphatic rings. The van der Waals surface area contributed by atoms with Gasteiger partial charge in [0.1, 0.15) is 5.75 Å². The Labute approximate surface area is 199 Å². The molecule has 0 aliphatic carbocycles. The molecule has 3 rings (SSSR count). The molecular formula is C23H20BrN3O4S. The highest BCUT2D eigenvalue weighted by atomic mass is 79.9. The number of anilines is 1. The lowest BCUT2D eigenvalue weighted by Gasteiger charge is -2.13. The molecule has 0 spiro atoms. The molecule has 0 aliphatic heterocycles. The van der Waals surface area contributed by atoms with Crippen LogP contribution in [0.4, 0.5) is 11.4 Å². The zero-order valence-electron chi connectivity index (χ0n) is 17.1. The van der Waals surface area contributed by atoms with Gasteiger partial charge < -0.3 is 10.1 Å². The second-order valence-electron chi connectivity index (χ2n) is 6.84. The van der Waals surface area contributed by atoms with Crippen molar-refractivity contribution in [2.75, 3.05) is 11.9 Å². The van der Waals surface area contributed by atoms with Gasteiger partial charge in [0, 0.05) is 18.1 Å². The quantitative estimate of drug-likeness (QED) is 0.249.